The molecule has 1 atom stereocenters. The van der Waals surface area contributed by atoms with Gasteiger partial charge in [0.25, 0.3) is 5.56 Å². The van der Waals surface area contributed by atoms with Gasteiger partial charge in [0.05, 0.1) is 5.84 Å². The predicted octanol–water partition coefficient (Wildman–Crippen LogP) is -0.0777. The molecule has 6 nitrogen and oxygen atoms in total. The summed E-state index contributed by atoms with van der Waals surface area (Å²) in [4.78, 5) is 20.1. The molecule has 0 aromatic carbocycles. The van der Waals surface area contributed by atoms with Crippen LogP contribution < -0.4 is 16.2 Å². The highest BCUT2D eigenvalue weighted by Crippen LogP contribution is 2.18. The van der Waals surface area contributed by atoms with Crippen LogP contribution in [0.1, 0.15) is 12.8 Å². The lowest BCUT2D eigenvalue weighted by atomic mass is 9.97. The summed E-state index contributed by atoms with van der Waals surface area (Å²) in [6.45, 7) is 1.40. The molecule has 1 aliphatic heterocycles. The Morgan fingerprint density at radius 2 is 2.50 bits per heavy atom. The van der Waals surface area contributed by atoms with Crippen molar-refractivity contribution in [3.63, 3.8) is 0 Å². The van der Waals surface area contributed by atoms with Crippen molar-refractivity contribution in [1.82, 2.24) is 9.97 Å². The number of nitrogens with zero attached hydrogens (tertiary/aromatic N) is 2. The molecule has 0 saturated carbocycles. The van der Waals surface area contributed by atoms with Crippen LogP contribution in [0.3, 0.4) is 0 Å². The molecule has 86 valence electrons. The van der Waals surface area contributed by atoms with Gasteiger partial charge in [0.2, 0.25) is 0 Å². The topological polar surface area (TPSA) is 98.9 Å². The maximum Gasteiger partial charge on any atom is 0.290 e. The molecule has 1 aromatic heterocycles. The molecular formula is C10H15N5O. The number of aromatic amines is 1. The van der Waals surface area contributed by atoms with Crippen molar-refractivity contribution >= 4 is 11.7 Å². The molecule has 2 heterocycles. The number of anilines is 1. The number of nitrogens with two attached hydrogens (primary N) is 1. The summed E-state index contributed by atoms with van der Waals surface area (Å²) in [5.74, 6) is 0.653. The van der Waals surface area contributed by atoms with E-state index in [1.165, 1.54) is 6.20 Å². The first-order valence-electron chi connectivity index (χ1n) is 5.31. The van der Waals surface area contributed by atoms with E-state index in [1.807, 2.05) is 4.90 Å². The van der Waals surface area contributed by atoms with E-state index >= 15 is 0 Å². The minimum atomic E-state index is -0.188. The van der Waals surface area contributed by atoms with Crippen molar-refractivity contribution in [1.29, 1.82) is 5.41 Å². The highest BCUT2D eigenvalue weighted by molar-refractivity contribution is 5.80. The molecular weight excluding hydrogens is 206 g/mol. The van der Waals surface area contributed by atoms with Crippen molar-refractivity contribution in [2.24, 2.45) is 11.7 Å². The Morgan fingerprint density at radius 1 is 1.69 bits per heavy atom. The van der Waals surface area contributed by atoms with Crippen molar-refractivity contribution in [3.05, 3.63) is 22.7 Å². The van der Waals surface area contributed by atoms with Crippen LogP contribution in [0.5, 0.6) is 0 Å². The maximum absolute atomic E-state index is 11.6. The number of nitrogens with one attached hydrogen (secondary N) is 2. The first kappa shape index (κ1) is 10.7. The molecule has 4 N–H and O–H groups in total. The van der Waals surface area contributed by atoms with Crippen LogP contribution in [0.4, 0.5) is 5.82 Å². The van der Waals surface area contributed by atoms with E-state index < -0.39 is 0 Å². The molecule has 0 bridgehead atoms. The molecule has 2 rings (SSSR count). The van der Waals surface area contributed by atoms with Crippen LogP contribution in [0, 0.1) is 11.3 Å². The lowest BCUT2D eigenvalue weighted by molar-refractivity contribution is 0.499. The van der Waals surface area contributed by atoms with Crippen LogP contribution in [-0.2, 0) is 0 Å². The quantitative estimate of drug-likeness (QED) is 0.480. The lowest BCUT2D eigenvalue weighted by Crippen LogP contribution is -2.43. The SMILES string of the molecule is N=C(N)C1CCCN(c2ncc[nH]c2=O)C1. The fraction of sp³-hybridized carbons (Fsp3) is 0.500. The van der Waals surface area contributed by atoms with Crippen LogP contribution in [0.2, 0.25) is 0 Å². The Morgan fingerprint density at radius 3 is 3.19 bits per heavy atom. The third-order valence-corrected chi connectivity index (χ3v) is 2.85. The largest absolute Gasteiger partial charge is 0.387 e. The number of hydrogen-bond donors (Lipinski definition) is 3. The summed E-state index contributed by atoms with van der Waals surface area (Å²) < 4.78 is 0. The summed E-state index contributed by atoms with van der Waals surface area (Å²) in [6, 6.07) is 0. The Hall–Kier alpha value is -1.85. The van der Waals surface area contributed by atoms with Gasteiger partial charge < -0.3 is 15.6 Å². The second kappa shape index (κ2) is 4.34. The molecule has 0 radical (unpaired) electrons. The van der Waals surface area contributed by atoms with Gasteiger partial charge in [-0.1, -0.05) is 0 Å². The van der Waals surface area contributed by atoms with E-state index in [0.29, 0.717) is 12.4 Å². The number of hydrogen-bond acceptors (Lipinski definition) is 4. The van der Waals surface area contributed by atoms with Crippen molar-refractivity contribution < 1.29 is 0 Å². The van der Waals surface area contributed by atoms with E-state index in [1.54, 1.807) is 6.20 Å². The van der Waals surface area contributed by atoms with E-state index in [4.69, 9.17) is 11.1 Å². The lowest BCUT2D eigenvalue weighted by Gasteiger charge is -2.32. The molecule has 1 aliphatic rings. The molecule has 0 aliphatic carbocycles. The zero-order valence-corrected chi connectivity index (χ0v) is 8.94. The van der Waals surface area contributed by atoms with Gasteiger partial charge in [-0.3, -0.25) is 10.2 Å². The third kappa shape index (κ3) is 2.05. The first-order chi connectivity index (χ1) is 7.68. The van der Waals surface area contributed by atoms with Crippen LogP contribution >= 0.6 is 0 Å². The Labute approximate surface area is 93.0 Å². The van der Waals surface area contributed by atoms with Crippen LogP contribution in [-0.4, -0.2) is 28.9 Å². The molecule has 1 unspecified atom stereocenters. The second-order valence-corrected chi connectivity index (χ2v) is 3.98. The van der Waals surface area contributed by atoms with Gasteiger partial charge in [-0.05, 0) is 12.8 Å². The Kier molecular flexibility index (Phi) is 2.89. The normalized spacial score (nSPS) is 20.8. The van der Waals surface area contributed by atoms with Gasteiger partial charge in [-0.25, -0.2) is 4.98 Å². The highest BCUT2D eigenvalue weighted by atomic mass is 16.1. The standard InChI is InChI=1S/C10H15N5O/c11-8(12)7-2-1-5-15(6-7)9-10(16)14-4-3-13-9/h3-4,7H,1-2,5-6H2,(H3,11,12)(H,14,16). The number of H-pyrrole nitrogens is 1. The Bertz CT molecular complexity index is 441. The summed E-state index contributed by atoms with van der Waals surface area (Å²) in [5.41, 5.74) is 5.31. The highest BCUT2D eigenvalue weighted by Gasteiger charge is 2.24. The van der Waals surface area contributed by atoms with Crippen LogP contribution in [0.15, 0.2) is 17.2 Å². The van der Waals surface area contributed by atoms with Crippen LogP contribution in [0.25, 0.3) is 0 Å². The Balaban J connectivity index is 2.19. The molecule has 1 saturated heterocycles. The first-order valence-corrected chi connectivity index (χ1v) is 5.31. The van der Waals surface area contributed by atoms with E-state index in [9.17, 15) is 4.79 Å². The zero-order chi connectivity index (χ0) is 11.5. The van der Waals surface area contributed by atoms with Gasteiger partial charge >= 0.3 is 0 Å². The monoisotopic (exact) mass is 221 g/mol. The van der Waals surface area contributed by atoms with E-state index in [0.717, 1.165) is 19.4 Å². The van der Waals surface area contributed by atoms with Gasteiger partial charge in [0.1, 0.15) is 0 Å². The summed E-state index contributed by atoms with van der Waals surface area (Å²) in [7, 11) is 0. The minimum Gasteiger partial charge on any atom is -0.387 e. The third-order valence-electron chi connectivity index (χ3n) is 2.85. The fourth-order valence-corrected chi connectivity index (χ4v) is 1.99. The number of aromatic nitrogens is 2. The second-order valence-electron chi connectivity index (χ2n) is 3.98. The summed E-state index contributed by atoms with van der Waals surface area (Å²) in [6.07, 6.45) is 4.92. The maximum atomic E-state index is 11.6. The molecule has 0 spiro atoms. The number of amidine groups is 1. The smallest absolute Gasteiger partial charge is 0.290 e. The molecule has 6 heteroatoms. The van der Waals surface area contributed by atoms with Gasteiger partial charge in [0, 0.05) is 31.4 Å². The molecule has 1 fully saturated rings. The van der Waals surface area contributed by atoms with Crippen molar-refractivity contribution in [3.8, 4) is 0 Å². The summed E-state index contributed by atoms with van der Waals surface area (Å²) in [5, 5.41) is 7.44. The van der Waals surface area contributed by atoms with E-state index in [-0.39, 0.29) is 17.3 Å². The van der Waals surface area contributed by atoms with Gasteiger partial charge in [-0.15, -0.1) is 0 Å². The average molecular weight is 221 g/mol. The molecule has 0 amide bonds. The number of piperidine rings is 1. The number of rotatable bonds is 2. The van der Waals surface area contributed by atoms with Gasteiger partial charge in [0.15, 0.2) is 5.82 Å². The van der Waals surface area contributed by atoms with Crippen molar-refractivity contribution in [2.75, 3.05) is 18.0 Å². The molecule has 16 heavy (non-hydrogen) atoms. The van der Waals surface area contributed by atoms with Crippen molar-refractivity contribution in [2.45, 2.75) is 12.8 Å². The van der Waals surface area contributed by atoms with Gasteiger partial charge in [-0.2, -0.15) is 0 Å². The molecule has 1 aromatic rings. The predicted molar refractivity (Wildman–Crippen MR) is 61.7 cm³/mol. The average Bonchev–Trinajstić information content (AvgIpc) is 2.30. The zero-order valence-electron chi connectivity index (χ0n) is 8.94. The minimum absolute atomic E-state index is 0.0372. The van der Waals surface area contributed by atoms with E-state index in [2.05, 4.69) is 9.97 Å². The fourth-order valence-electron chi connectivity index (χ4n) is 1.99. The summed E-state index contributed by atoms with van der Waals surface area (Å²) >= 11 is 0.